The van der Waals surface area contributed by atoms with Crippen molar-refractivity contribution in [3.05, 3.63) is 53.1 Å². The number of carbonyl (C=O) groups is 1. The van der Waals surface area contributed by atoms with Gasteiger partial charge in [-0.3, -0.25) is 4.79 Å². The molecule has 1 aliphatic heterocycles. The lowest BCUT2D eigenvalue weighted by atomic mass is 10.0. The van der Waals surface area contributed by atoms with Gasteiger partial charge in [-0.1, -0.05) is 43.7 Å². The second-order valence-corrected chi connectivity index (χ2v) is 6.61. The Labute approximate surface area is 160 Å². The minimum Gasteiger partial charge on any atom is -0.346 e. The molecule has 0 radical (unpaired) electrons. The van der Waals surface area contributed by atoms with Gasteiger partial charge in [0.15, 0.2) is 0 Å². The number of nitrogens with zero attached hydrogens (tertiary/aromatic N) is 3. The van der Waals surface area contributed by atoms with Gasteiger partial charge in [-0.05, 0) is 37.4 Å². The van der Waals surface area contributed by atoms with Crippen molar-refractivity contribution in [3.63, 3.8) is 0 Å². The SMILES string of the molecule is Cc1nc(C(=O)NCC2=CCNCC2)nn1-c1ccccc1C(C)C.Cl. The molecule has 6 nitrogen and oxygen atoms in total. The number of rotatable bonds is 5. The topological polar surface area (TPSA) is 71.8 Å². The van der Waals surface area contributed by atoms with Crippen molar-refractivity contribution in [2.75, 3.05) is 19.6 Å². The highest BCUT2D eigenvalue weighted by Gasteiger charge is 2.17. The number of hydrogen-bond donors (Lipinski definition) is 2. The van der Waals surface area contributed by atoms with Gasteiger partial charge in [0.2, 0.25) is 5.82 Å². The largest absolute Gasteiger partial charge is 0.346 e. The summed E-state index contributed by atoms with van der Waals surface area (Å²) in [5.74, 6) is 1.05. The molecule has 0 saturated heterocycles. The van der Waals surface area contributed by atoms with Gasteiger partial charge >= 0.3 is 0 Å². The summed E-state index contributed by atoms with van der Waals surface area (Å²) in [5, 5.41) is 10.6. The Morgan fingerprint density at radius 2 is 2.12 bits per heavy atom. The second-order valence-electron chi connectivity index (χ2n) is 6.61. The van der Waals surface area contributed by atoms with E-state index in [9.17, 15) is 4.79 Å². The predicted octanol–water partition coefficient (Wildman–Crippen LogP) is 2.77. The number of benzene rings is 1. The molecule has 2 heterocycles. The van der Waals surface area contributed by atoms with Crippen LogP contribution in [0.15, 0.2) is 35.9 Å². The Morgan fingerprint density at radius 3 is 2.81 bits per heavy atom. The third kappa shape index (κ3) is 4.51. The molecular formula is C19H26ClN5O. The van der Waals surface area contributed by atoms with Crippen LogP contribution in [0.5, 0.6) is 0 Å². The summed E-state index contributed by atoms with van der Waals surface area (Å²) in [6.45, 7) is 8.53. The van der Waals surface area contributed by atoms with E-state index in [2.05, 4.69) is 46.7 Å². The van der Waals surface area contributed by atoms with Gasteiger partial charge in [-0.25, -0.2) is 9.67 Å². The first-order chi connectivity index (χ1) is 12.1. The van der Waals surface area contributed by atoms with E-state index < -0.39 is 0 Å². The Bertz CT molecular complexity index is 797. The van der Waals surface area contributed by atoms with Crippen LogP contribution in [-0.4, -0.2) is 40.3 Å². The molecule has 0 bridgehead atoms. The standard InChI is InChI=1S/C19H25N5O.ClH/c1-13(2)16-6-4-5-7-17(16)24-14(3)22-18(23-24)19(25)21-12-15-8-10-20-11-9-15;/h4-8,13,20H,9-12H2,1-3H3,(H,21,25);1H. The van der Waals surface area contributed by atoms with Gasteiger partial charge < -0.3 is 10.6 Å². The van der Waals surface area contributed by atoms with E-state index in [1.54, 1.807) is 4.68 Å². The molecule has 1 aromatic heterocycles. The van der Waals surface area contributed by atoms with Gasteiger partial charge in [0.05, 0.1) is 5.69 Å². The molecular weight excluding hydrogens is 350 g/mol. The molecule has 7 heteroatoms. The molecule has 2 aromatic rings. The van der Waals surface area contributed by atoms with Crippen LogP contribution in [0, 0.1) is 6.92 Å². The van der Waals surface area contributed by atoms with Crippen LogP contribution in [0.1, 0.15) is 48.2 Å². The Balaban J connectivity index is 0.00000243. The monoisotopic (exact) mass is 375 g/mol. The molecule has 26 heavy (non-hydrogen) atoms. The zero-order chi connectivity index (χ0) is 17.8. The van der Waals surface area contributed by atoms with E-state index in [1.165, 1.54) is 11.1 Å². The number of nitrogens with one attached hydrogen (secondary N) is 2. The lowest BCUT2D eigenvalue weighted by Crippen LogP contribution is -2.30. The zero-order valence-electron chi connectivity index (χ0n) is 15.5. The number of hydrogen-bond acceptors (Lipinski definition) is 4. The lowest BCUT2D eigenvalue weighted by Gasteiger charge is -2.14. The molecule has 3 rings (SSSR count). The highest BCUT2D eigenvalue weighted by Crippen LogP contribution is 2.23. The third-order valence-electron chi connectivity index (χ3n) is 4.39. The van der Waals surface area contributed by atoms with Crippen molar-refractivity contribution in [2.45, 2.75) is 33.1 Å². The molecule has 2 N–H and O–H groups in total. The molecule has 1 amide bonds. The van der Waals surface area contributed by atoms with Gasteiger partial charge in [-0.2, -0.15) is 0 Å². The smallest absolute Gasteiger partial charge is 0.291 e. The number of aromatic nitrogens is 3. The van der Waals surface area contributed by atoms with Crippen LogP contribution in [0.2, 0.25) is 0 Å². The first-order valence-corrected chi connectivity index (χ1v) is 8.76. The fraction of sp³-hybridized carbons (Fsp3) is 0.421. The van der Waals surface area contributed by atoms with Crippen LogP contribution >= 0.6 is 12.4 Å². The van der Waals surface area contributed by atoms with Gasteiger partial charge in [0, 0.05) is 13.1 Å². The molecule has 0 spiro atoms. The summed E-state index contributed by atoms with van der Waals surface area (Å²) in [6, 6.07) is 8.10. The van der Waals surface area contributed by atoms with Crippen molar-refractivity contribution < 1.29 is 4.79 Å². The van der Waals surface area contributed by atoms with Crippen molar-refractivity contribution in [1.29, 1.82) is 0 Å². The summed E-state index contributed by atoms with van der Waals surface area (Å²) in [7, 11) is 0. The zero-order valence-corrected chi connectivity index (χ0v) is 16.3. The highest BCUT2D eigenvalue weighted by molar-refractivity contribution is 5.90. The van der Waals surface area contributed by atoms with Crippen molar-refractivity contribution in [1.82, 2.24) is 25.4 Å². The normalized spacial score (nSPS) is 13.9. The van der Waals surface area contributed by atoms with E-state index in [-0.39, 0.29) is 24.1 Å². The molecule has 1 aromatic carbocycles. The summed E-state index contributed by atoms with van der Waals surface area (Å²) < 4.78 is 1.76. The van der Waals surface area contributed by atoms with Crippen LogP contribution in [0.25, 0.3) is 5.69 Å². The molecule has 0 atom stereocenters. The van der Waals surface area contributed by atoms with Crippen LogP contribution < -0.4 is 10.6 Å². The van der Waals surface area contributed by atoms with Crippen LogP contribution in [0.3, 0.4) is 0 Å². The lowest BCUT2D eigenvalue weighted by molar-refractivity contribution is 0.0946. The maximum Gasteiger partial charge on any atom is 0.291 e. The molecule has 0 unspecified atom stereocenters. The molecule has 140 valence electrons. The first-order valence-electron chi connectivity index (χ1n) is 8.76. The minimum atomic E-state index is -0.233. The predicted molar refractivity (Wildman–Crippen MR) is 105 cm³/mol. The highest BCUT2D eigenvalue weighted by atomic mass is 35.5. The quantitative estimate of drug-likeness (QED) is 0.788. The Hall–Kier alpha value is -2.18. The van der Waals surface area contributed by atoms with E-state index in [1.807, 2.05) is 25.1 Å². The molecule has 0 saturated carbocycles. The van der Waals surface area contributed by atoms with Crippen molar-refractivity contribution in [3.8, 4) is 5.69 Å². The van der Waals surface area contributed by atoms with Gasteiger partial charge in [0.25, 0.3) is 5.91 Å². The first kappa shape index (κ1) is 20.1. The molecule has 0 aliphatic carbocycles. The maximum atomic E-state index is 12.4. The van der Waals surface area contributed by atoms with E-state index in [4.69, 9.17) is 0 Å². The fourth-order valence-corrected chi connectivity index (χ4v) is 2.99. The van der Waals surface area contributed by atoms with E-state index in [0.717, 1.165) is 25.2 Å². The van der Waals surface area contributed by atoms with Crippen LogP contribution in [0.4, 0.5) is 0 Å². The van der Waals surface area contributed by atoms with Crippen LogP contribution in [-0.2, 0) is 0 Å². The average Bonchev–Trinajstić information content (AvgIpc) is 3.02. The van der Waals surface area contributed by atoms with E-state index >= 15 is 0 Å². The number of para-hydroxylation sites is 1. The third-order valence-corrected chi connectivity index (χ3v) is 4.39. The molecule has 0 fully saturated rings. The second kappa shape index (κ2) is 8.96. The average molecular weight is 376 g/mol. The summed E-state index contributed by atoms with van der Waals surface area (Å²) in [6.07, 6.45) is 3.09. The number of amides is 1. The maximum absolute atomic E-state index is 12.4. The molecule has 1 aliphatic rings. The van der Waals surface area contributed by atoms with E-state index in [0.29, 0.717) is 18.3 Å². The summed E-state index contributed by atoms with van der Waals surface area (Å²) in [5.41, 5.74) is 3.40. The minimum absolute atomic E-state index is 0. The van der Waals surface area contributed by atoms with Gasteiger partial charge in [-0.15, -0.1) is 17.5 Å². The number of carbonyl (C=O) groups excluding carboxylic acids is 1. The van der Waals surface area contributed by atoms with Crippen molar-refractivity contribution in [2.24, 2.45) is 0 Å². The summed E-state index contributed by atoms with van der Waals surface area (Å²) in [4.78, 5) is 16.8. The van der Waals surface area contributed by atoms with Gasteiger partial charge in [0.1, 0.15) is 5.82 Å². The Kier molecular flexibility index (Phi) is 6.94. The van der Waals surface area contributed by atoms with Crippen molar-refractivity contribution >= 4 is 18.3 Å². The number of aryl methyl sites for hydroxylation is 1. The fourth-order valence-electron chi connectivity index (χ4n) is 2.99. The Morgan fingerprint density at radius 1 is 1.35 bits per heavy atom. The number of halogens is 1. The summed E-state index contributed by atoms with van der Waals surface area (Å²) >= 11 is 0.